The van der Waals surface area contributed by atoms with E-state index >= 15 is 0 Å². The fourth-order valence-corrected chi connectivity index (χ4v) is 3.93. The van der Waals surface area contributed by atoms with Crippen molar-refractivity contribution in [2.24, 2.45) is 0 Å². The molecule has 1 aromatic heterocycles. The fourth-order valence-electron chi connectivity index (χ4n) is 3.08. The Labute approximate surface area is 188 Å². The van der Waals surface area contributed by atoms with Crippen molar-refractivity contribution in [1.29, 1.82) is 0 Å². The molecule has 3 aromatic carbocycles. The van der Waals surface area contributed by atoms with Gasteiger partial charge >= 0.3 is 0 Å². The van der Waals surface area contributed by atoms with Gasteiger partial charge in [-0.25, -0.2) is 0 Å². The van der Waals surface area contributed by atoms with Gasteiger partial charge in [0.05, 0.1) is 17.8 Å². The number of hydrogen-bond donors (Lipinski definition) is 0. The van der Waals surface area contributed by atoms with E-state index in [1.54, 1.807) is 7.11 Å². The summed E-state index contributed by atoms with van der Waals surface area (Å²) in [5.41, 5.74) is 2.08. The first-order chi connectivity index (χ1) is 15.6. The molecule has 0 spiro atoms. The Bertz CT molecular complexity index is 1240. The predicted molar refractivity (Wildman–Crippen MR) is 121 cm³/mol. The maximum absolute atomic E-state index is 12.6. The summed E-state index contributed by atoms with van der Waals surface area (Å²) in [6.07, 6.45) is 0. The molecule has 32 heavy (non-hydrogen) atoms. The predicted octanol–water partition coefficient (Wildman–Crippen LogP) is 4.83. The second-order valence-corrected chi connectivity index (χ2v) is 7.66. The number of nitrogens with zero attached hydrogens (tertiary/aromatic N) is 4. The van der Waals surface area contributed by atoms with Crippen LogP contribution in [0.15, 0.2) is 84.0 Å². The van der Waals surface area contributed by atoms with Crippen LogP contribution in [0.5, 0.6) is 5.75 Å². The highest BCUT2D eigenvalue weighted by molar-refractivity contribution is 7.99. The number of Topliss-reactive ketones (excluding diaryl/α,β-unsaturated/α-hetero) is 1. The number of methoxy groups -OCH3 is 1. The summed E-state index contributed by atoms with van der Waals surface area (Å²) in [6.45, 7) is 0. The smallest absolute Gasteiger partial charge is 0.269 e. The normalized spacial score (nSPS) is 10.7. The third-order valence-corrected chi connectivity index (χ3v) is 5.66. The van der Waals surface area contributed by atoms with Crippen molar-refractivity contribution in [2.45, 2.75) is 5.16 Å². The molecule has 0 radical (unpaired) electrons. The lowest BCUT2D eigenvalue weighted by atomic mass is 10.1. The molecular formula is C23H18N4O4S. The first kappa shape index (κ1) is 21.3. The maximum Gasteiger partial charge on any atom is 0.269 e. The van der Waals surface area contributed by atoms with Crippen LogP contribution in [0.1, 0.15) is 10.4 Å². The van der Waals surface area contributed by atoms with Gasteiger partial charge in [-0.3, -0.25) is 19.5 Å². The SMILES string of the molecule is COc1ccc(-c2nnc(SCC(=O)c3ccc([N+](=O)[O-])cc3)n2-c2ccccc2)cc1. The Kier molecular flexibility index (Phi) is 6.27. The summed E-state index contributed by atoms with van der Waals surface area (Å²) >= 11 is 1.26. The van der Waals surface area contributed by atoms with Gasteiger partial charge in [0.15, 0.2) is 16.8 Å². The summed E-state index contributed by atoms with van der Waals surface area (Å²) in [7, 11) is 1.61. The molecule has 0 aliphatic rings. The number of ketones is 1. The van der Waals surface area contributed by atoms with Crippen LogP contribution in [0.4, 0.5) is 5.69 Å². The monoisotopic (exact) mass is 446 g/mol. The van der Waals surface area contributed by atoms with E-state index in [0.29, 0.717) is 16.5 Å². The van der Waals surface area contributed by atoms with E-state index in [-0.39, 0.29) is 17.2 Å². The van der Waals surface area contributed by atoms with Crippen LogP contribution in [-0.4, -0.2) is 38.3 Å². The second kappa shape index (κ2) is 9.44. The zero-order valence-electron chi connectivity index (χ0n) is 17.0. The third kappa shape index (κ3) is 4.52. The fraction of sp³-hybridized carbons (Fsp3) is 0.0870. The Morgan fingerprint density at radius 2 is 1.69 bits per heavy atom. The standard InChI is InChI=1S/C23H18N4O4S/c1-31-20-13-9-17(10-14-20)22-24-25-23(26(22)18-5-3-2-4-6-18)32-15-21(28)16-7-11-19(12-8-16)27(29)30/h2-14H,15H2,1H3. The van der Waals surface area contributed by atoms with E-state index in [0.717, 1.165) is 17.0 Å². The largest absolute Gasteiger partial charge is 0.497 e. The number of carbonyl (C=O) groups is 1. The van der Waals surface area contributed by atoms with E-state index in [1.165, 1.54) is 36.0 Å². The Morgan fingerprint density at radius 1 is 1.00 bits per heavy atom. The van der Waals surface area contributed by atoms with Crippen LogP contribution in [-0.2, 0) is 0 Å². The third-order valence-electron chi connectivity index (χ3n) is 4.73. The zero-order chi connectivity index (χ0) is 22.5. The Balaban J connectivity index is 1.61. The molecule has 4 aromatic rings. The number of rotatable bonds is 8. The molecule has 9 heteroatoms. The minimum absolute atomic E-state index is 0.0536. The second-order valence-electron chi connectivity index (χ2n) is 6.72. The van der Waals surface area contributed by atoms with Crippen molar-refractivity contribution < 1.29 is 14.5 Å². The minimum atomic E-state index is -0.494. The summed E-state index contributed by atoms with van der Waals surface area (Å²) in [4.78, 5) is 22.9. The van der Waals surface area contributed by atoms with Gasteiger partial charge in [0.1, 0.15) is 5.75 Å². The molecule has 0 unspecified atom stereocenters. The lowest BCUT2D eigenvalue weighted by Crippen LogP contribution is -2.05. The summed E-state index contributed by atoms with van der Waals surface area (Å²) < 4.78 is 7.13. The van der Waals surface area contributed by atoms with Crippen LogP contribution in [0.2, 0.25) is 0 Å². The van der Waals surface area contributed by atoms with E-state index < -0.39 is 4.92 Å². The molecule has 8 nitrogen and oxygen atoms in total. The Morgan fingerprint density at radius 3 is 2.31 bits per heavy atom. The lowest BCUT2D eigenvalue weighted by Gasteiger charge is -2.10. The van der Waals surface area contributed by atoms with Crippen molar-refractivity contribution >= 4 is 23.2 Å². The van der Waals surface area contributed by atoms with E-state index in [1.807, 2.05) is 59.2 Å². The number of hydrogen-bond acceptors (Lipinski definition) is 7. The van der Waals surface area contributed by atoms with Crippen LogP contribution in [0.25, 0.3) is 17.1 Å². The molecule has 0 fully saturated rings. The van der Waals surface area contributed by atoms with Gasteiger partial charge in [0.2, 0.25) is 0 Å². The number of para-hydroxylation sites is 1. The van der Waals surface area contributed by atoms with Crippen LogP contribution >= 0.6 is 11.8 Å². The summed E-state index contributed by atoms with van der Waals surface area (Å²) in [6, 6.07) is 22.7. The molecule has 1 heterocycles. The molecule has 0 atom stereocenters. The number of non-ortho nitro benzene ring substituents is 1. The van der Waals surface area contributed by atoms with Gasteiger partial charge in [0, 0.05) is 28.9 Å². The first-order valence-corrected chi connectivity index (χ1v) is 10.6. The molecule has 0 saturated carbocycles. The van der Waals surface area contributed by atoms with Gasteiger partial charge in [0.25, 0.3) is 5.69 Å². The number of ether oxygens (including phenoxy) is 1. The van der Waals surface area contributed by atoms with Crippen molar-refractivity contribution in [2.75, 3.05) is 12.9 Å². The molecule has 160 valence electrons. The highest BCUT2D eigenvalue weighted by Crippen LogP contribution is 2.29. The quantitative estimate of drug-likeness (QED) is 0.165. The van der Waals surface area contributed by atoms with E-state index in [9.17, 15) is 14.9 Å². The number of aromatic nitrogens is 3. The average Bonchev–Trinajstić information content (AvgIpc) is 3.27. The van der Waals surface area contributed by atoms with Gasteiger partial charge in [-0.2, -0.15) is 0 Å². The number of nitro benzene ring substituents is 1. The van der Waals surface area contributed by atoms with Crippen molar-refractivity contribution in [3.8, 4) is 22.8 Å². The molecule has 0 aliphatic heterocycles. The number of carbonyl (C=O) groups excluding carboxylic acids is 1. The van der Waals surface area contributed by atoms with Crippen LogP contribution < -0.4 is 4.74 Å². The number of benzene rings is 3. The molecule has 0 aliphatic carbocycles. The van der Waals surface area contributed by atoms with Crippen LogP contribution in [0, 0.1) is 10.1 Å². The van der Waals surface area contributed by atoms with Crippen molar-refractivity contribution in [1.82, 2.24) is 14.8 Å². The zero-order valence-corrected chi connectivity index (χ0v) is 17.9. The lowest BCUT2D eigenvalue weighted by molar-refractivity contribution is -0.384. The number of nitro groups is 1. The first-order valence-electron chi connectivity index (χ1n) is 9.62. The molecule has 0 N–H and O–H groups in total. The van der Waals surface area contributed by atoms with Gasteiger partial charge in [-0.1, -0.05) is 30.0 Å². The van der Waals surface area contributed by atoms with Crippen LogP contribution in [0.3, 0.4) is 0 Å². The molecule has 0 saturated heterocycles. The molecule has 0 amide bonds. The molecular weight excluding hydrogens is 428 g/mol. The van der Waals surface area contributed by atoms with Gasteiger partial charge < -0.3 is 4.74 Å². The highest BCUT2D eigenvalue weighted by Gasteiger charge is 2.18. The average molecular weight is 446 g/mol. The number of thioether (sulfide) groups is 1. The highest BCUT2D eigenvalue weighted by atomic mass is 32.2. The maximum atomic E-state index is 12.6. The van der Waals surface area contributed by atoms with E-state index in [2.05, 4.69) is 10.2 Å². The van der Waals surface area contributed by atoms with Gasteiger partial charge in [-0.05, 0) is 48.5 Å². The summed E-state index contributed by atoms with van der Waals surface area (Å²) in [5, 5.41) is 20.1. The van der Waals surface area contributed by atoms with Crippen molar-refractivity contribution in [3.63, 3.8) is 0 Å². The Hall–Kier alpha value is -3.98. The van der Waals surface area contributed by atoms with E-state index in [4.69, 9.17) is 4.74 Å². The molecule has 4 rings (SSSR count). The minimum Gasteiger partial charge on any atom is -0.497 e. The van der Waals surface area contributed by atoms with Gasteiger partial charge in [-0.15, -0.1) is 10.2 Å². The topological polar surface area (TPSA) is 100 Å². The summed E-state index contributed by atoms with van der Waals surface area (Å²) in [5.74, 6) is 1.34. The molecule has 0 bridgehead atoms. The van der Waals surface area contributed by atoms with Crippen molar-refractivity contribution in [3.05, 3.63) is 94.5 Å².